The molecule has 0 bridgehead atoms. The van der Waals surface area contributed by atoms with Gasteiger partial charge >= 0.3 is 0 Å². The van der Waals surface area contributed by atoms with Crippen LogP contribution in [0.5, 0.6) is 11.6 Å². The number of imidazole rings is 1. The predicted molar refractivity (Wildman–Crippen MR) is 94.1 cm³/mol. The molecule has 6 heteroatoms. The zero-order valence-corrected chi connectivity index (χ0v) is 14.2. The van der Waals surface area contributed by atoms with E-state index < -0.39 is 0 Å². The van der Waals surface area contributed by atoms with E-state index in [-0.39, 0.29) is 6.04 Å². The van der Waals surface area contributed by atoms with Gasteiger partial charge in [-0.25, -0.2) is 9.97 Å². The number of rotatable bonds is 5. The van der Waals surface area contributed by atoms with Crippen molar-refractivity contribution in [2.24, 2.45) is 7.05 Å². The second kappa shape index (κ2) is 7.03. The summed E-state index contributed by atoms with van der Waals surface area (Å²) in [5.74, 6) is 1.31. The number of ether oxygens (including phenoxy) is 1. The fourth-order valence-corrected chi connectivity index (χ4v) is 3.28. The minimum absolute atomic E-state index is 0.265. The van der Waals surface area contributed by atoms with Crippen molar-refractivity contribution in [1.29, 1.82) is 0 Å². The standard InChI is InChI=1S/C19H21N5O/c1-23-14-21-10-15(23)13-24-9-5-8-18(24)17-11-20-12-19(22-17)25-16-6-3-2-4-7-16/h2-4,6-7,10-12,14,18H,5,8-9,13H2,1H3. The van der Waals surface area contributed by atoms with E-state index in [9.17, 15) is 0 Å². The number of nitrogens with zero attached hydrogens (tertiary/aromatic N) is 5. The van der Waals surface area contributed by atoms with Gasteiger partial charge in [0.25, 0.3) is 0 Å². The monoisotopic (exact) mass is 335 g/mol. The van der Waals surface area contributed by atoms with E-state index >= 15 is 0 Å². The zero-order chi connectivity index (χ0) is 17.1. The molecule has 1 atom stereocenters. The smallest absolute Gasteiger partial charge is 0.238 e. The van der Waals surface area contributed by atoms with Gasteiger partial charge in [0, 0.05) is 19.8 Å². The number of benzene rings is 1. The number of para-hydroxylation sites is 1. The van der Waals surface area contributed by atoms with Crippen LogP contribution in [0.4, 0.5) is 0 Å². The van der Waals surface area contributed by atoms with Crippen LogP contribution in [0, 0.1) is 0 Å². The summed E-state index contributed by atoms with van der Waals surface area (Å²) in [6, 6.07) is 9.95. The van der Waals surface area contributed by atoms with Gasteiger partial charge in [-0.1, -0.05) is 18.2 Å². The summed E-state index contributed by atoms with van der Waals surface area (Å²) >= 11 is 0. The van der Waals surface area contributed by atoms with E-state index in [1.807, 2.05) is 56.1 Å². The second-order valence-electron chi connectivity index (χ2n) is 6.32. The Labute approximate surface area is 147 Å². The third-order valence-electron chi connectivity index (χ3n) is 4.58. The molecule has 25 heavy (non-hydrogen) atoms. The largest absolute Gasteiger partial charge is 0.437 e. The van der Waals surface area contributed by atoms with E-state index in [1.54, 1.807) is 6.20 Å². The summed E-state index contributed by atoms with van der Waals surface area (Å²) in [5, 5.41) is 0. The van der Waals surface area contributed by atoms with Crippen molar-refractivity contribution in [3.63, 3.8) is 0 Å². The van der Waals surface area contributed by atoms with Crippen LogP contribution in [0.3, 0.4) is 0 Å². The number of hydrogen-bond donors (Lipinski definition) is 0. The number of aryl methyl sites for hydroxylation is 1. The van der Waals surface area contributed by atoms with Crippen molar-refractivity contribution in [2.75, 3.05) is 6.54 Å². The Morgan fingerprint density at radius 3 is 2.80 bits per heavy atom. The summed E-state index contributed by atoms with van der Waals surface area (Å²) < 4.78 is 7.90. The molecule has 0 spiro atoms. The van der Waals surface area contributed by atoms with Crippen LogP contribution in [-0.4, -0.2) is 31.0 Å². The van der Waals surface area contributed by atoms with Gasteiger partial charge in [0.15, 0.2) is 0 Å². The SMILES string of the molecule is Cn1cncc1CN1CCCC1c1cncc(Oc2ccccc2)n1. The first-order chi connectivity index (χ1) is 12.3. The molecule has 1 aromatic carbocycles. The average Bonchev–Trinajstić information content (AvgIpc) is 3.26. The van der Waals surface area contributed by atoms with Gasteiger partial charge in [-0.15, -0.1) is 0 Å². The Morgan fingerprint density at radius 1 is 1.12 bits per heavy atom. The molecule has 4 rings (SSSR count). The number of hydrogen-bond acceptors (Lipinski definition) is 5. The molecule has 3 heterocycles. The van der Waals surface area contributed by atoms with Gasteiger partial charge in [0.05, 0.1) is 36.2 Å². The molecule has 0 saturated carbocycles. The first kappa shape index (κ1) is 15.8. The normalized spacial score (nSPS) is 17.7. The third-order valence-corrected chi connectivity index (χ3v) is 4.58. The van der Waals surface area contributed by atoms with E-state index in [0.29, 0.717) is 5.88 Å². The highest BCUT2D eigenvalue weighted by Gasteiger charge is 2.28. The first-order valence-corrected chi connectivity index (χ1v) is 8.54. The molecule has 2 aromatic heterocycles. The summed E-state index contributed by atoms with van der Waals surface area (Å²) in [6.07, 6.45) is 9.53. The van der Waals surface area contributed by atoms with Gasteiger partial charge in [-0.05, 0) is 31.5 Å². The van der Waals surface area contributed by atoms with Crippen molar-refractivity contribution in [3.8, 4) is 11.6 Å². The first-order valence-electron chi connectivity index (χ1n) is 8.54. The Hall–Kier alpha value is -2.73. The lowest BCUT2D eigenvalue weighted by Gasteiger charge is -2.24. The minimum atomic E-state index is 0.265. The quantitative estimate of drug-likeness (QED) is 0.716. The van der Waals surface area contributed by atoms with Gasteiger partial charge in [-0.2, -0.15) is 0 Å². The Balaban J connectivity index is 1.52. The molecule has 1 saturated heterocycles. The molecule has 6 nitrogen and oxygen atoms in total. The fraction of sp³-hybridized carbons (Fsp3) is 0.316. The van der Waals surface area contributed by atoms with Crippen LogP contribution in [0.25, 0.3) is 0 Å². The van der Waals surface area contributed by atoms with Crippen LogP contribution < -0.4 is 4.74 Å². The summed E-state index contributed by atoms with van der Waals surface area (Å²) in [7, 11) is 2.03. The third kappa shape index (κ3) is 3.53. The minimum Gasteiger partial charge on any atom is -0.437 e. The van der Waals surface area contributed by atoms with Crippen LogP contribution in [0.2, 0.25) is 0 Å². The summed E-state index contributed by atoms with van der Waals surface area (Å²) in [4.78, 5) is 15.7. The molecule has 1 fully saturated rings. The highest BCUT2D eigenvalue weighted by molar-refractivity contribution is 5.26. The molecule has 0 N–H and O–H groups in total. The van der Waals surface area contributed by atoms with Crippen molar-refractivity contribution in [3.05, 3.63) is 66.6 Å². The zero-order valence-electron chi connectivity index (χ0n) is 14.2. The molecule has 0 radical (unpaired) electrons. The maximum atomic E-state index is 5.83. The van der Waals surface area contributed by atoms with Crippen molar-refractivity contribution < 1.29 is 4.74 Å². The lowest BCUT2D eigenvalue weighted by molar-refractivity contribution is 0.237. The molecular formula is C19H21N5O. The fourth-order valence-electron chi connectivity index (χ4n) is 3.28. The molecule has 1 aliphatic heterocycles. The maximum absolute atomic E-state index is 5.83. The summed E-state index contributed by atoms with van der Waals surface area (Å²) in [5.41, 5.74) is 2.17. The second-order valence-corrected chi connectivity index (χ2v) is 6.32. The lowest BCUT2D eigenvalue weighted by Crippen LogP contribution is -2.24. The van der Waals surface area contributed by atoms with Crippen molar-refractivity contribution >= 4 is 0 Å². The highest BCUT2D eigenvalue weighted by Crippen LogP contribution is 2.32. The maximum Gasteiger partial charge on any atom is 0.238 e. The molecule has 0 amide bonds. The van der Waals surface area contributed by atoms with E-state index in [0.717, 1.165) is 37.4 Å². The predicted octanol–water partition coefficient (Wildman–Crippen LogP) is 3.34. The Morgan fingerprint density at radius 2 is 2.00 bits per heavy atom. The Bertz CT molecular complexity index is 833. The molecule has 0 aliphatic carbocycles. The van der Waals surface area contributed by atoms with E-state index in [1.165, 1.54) is 5.69 Å². The van der Waals surface area contributed by atoms with Crippen LogP contribution >= 0.6 is 0 Å². The van der Waals surface area contributed by atoms with Gasteiger partial charge in [0.1, 0.15) is 5.75 Å². The van der Waals surface area contributed by atoms with Gasteiger partial charge in [-0.3, -0.25) is 9.88 Å². The van der Waals surface area contributed by atoms with Crippen molar-refractivity contribution in [1.82, 2.24) is 24.4 Å². The average molecular weight is 335 g/mol. The molecular weight excluding hydrogens is 314 g/mol. The van der Waals surface area contributed by atoms with E-state index in [4.69, 9.17) is 9.72 Å². The van der Waals surface area contributed by atoms with Crippen molar-refractivity contribution in [2.45, 2.75) is 25.4 Å². The number of aromatic nitrogens is 4. The van der Waals surface area contributed by atoms with Gasteiger partial charge in [0.2, 0.25) is 5.88 Å². The molecule has 1 aliphatic rings. The van der Waals surface area contributed by atoms with Crippen LogP contribution in [-0.2, 0) is 13.6 Å². The molecule has 128 valence electrons. The highest BCUT2D eigenvalue weighted by atomic mass is 16.5. The number of likely N-dealkylation sites (tertiary alicyclic amines) is 1. The van der Waals surface area contributed by atoms with Crippen LogP contribution in [0.1, 0.15) is 30.3 Å². The lowest BCUT2D eigenvalue weighted by atomic mass is 10.1. The van der Waals surface area contributed by atoms with Gasteiger partial charge < -0.3 is 9.30 Å². The Kier molecular flexibility index (Phi) is 4.43. The summed E-state index contributed by atoms with van der Waals surface area (Å²) in [6.45, 7) is 1.92. The van der Waals surface area contributed by atoms with E-state index in [2.05, 4.69) is 19.4 Å². The molecule has 1 unspecified atom stereocenters. The molecule has 3 aromatic rings. The van der Waals surface area contributed by atoms with Crippen LogP contribution in [0.15, 0.2) is 55.2 Å². The topological polar surface area (TPSA) is 56.1 Å².